The summed E-state index contributed by atoms with van der Waals surface area (Å²) >= 11 is 0. The maximum atomic E-state index is 11.4. The van der Waals surface area contributed by atoms with E-state index in [4.69, 9.17) is 5.11 Å². The summed E-state index contributed by atoms with van der Waals surface area (Å²) in [4.78, 5) is 22.3. The van der Waals surface area contributed by atoms with Crippen molar-refractivity contribution in [1.82, 2.24) is 10.6 Å². The Morgan fingerprint density at radius 3 is 2.31 bits per heavy atom. The maximum absolute atomic E-state index is 11.4. The van der Waals surface area contributed by atoms with Gasteiger partial charge in [0, 0.05) is 6.54 Å². The van der Waals surface area contributed by atoms with Gasteiger partial charge < -0.3 is 15.7 Å². The van der Waals surface area contributed by atoms with Crippen LogP contribution in [-0.4, -0.2) is 29.2 Å². The van der Waals surface area contributed by atoms with Gasteiger partial charge in [-0.1, -0.05) is 26.0 Å². The van der Waals surface area contributed by atoms with Gasteiger partial charge in [-0.15, -0.1) is 0 Å². The molecule has 16 heavy (non-hydrogen) atoms. The van der Waals surface area contributed by atoms with Crippen LogP contribution in [0.4, 0.5) is 4.79 Å². The van der Waals surface area contributed by atoms with E-state index in [1.807, 2.05) is 6.92 Å². The summed E-state index contributed by atoms with van der Waals surface area (Å²) in [6.45, 7) is 9.22. The Morgan fingerprint density at radius 2 is 1.94 bits per heavy atom. The molecule has 2 amide bonds. The summed E-state index contributed by atoms with van der Waals surface area (Å²) < 4.78 is 0. The van der Waals surface area contributed by atoms with Crippen LogP contribution in [0.3, 0.4) is 0 Å². The fourth-order valence-corrected chi connectivity index (χ4v) is 0.918. The van der Waals surface area contributed by atoms with Crippen LogP contribution < -0.4 is 10.6 Å². The summed E-state index contributed by atoms with van der Waals surface area (Å²) in [5.41, 5.74) is -0.332. The van der Waals surface area contributed by atoms with Gasteiger partial charge in [0.2, 0.25) is 0 Å². The molecule has 1 unspecified atom stereocenters. The first-order valence-corrected chi connectivity index (χ1v) is 5.31. The number of carboxylic acid groups (broad SMARTS) is 1. The molecule has 92 valence electrons. The minimum absolute atomic E-state index is 0.324. The molecule has 5 nitrogen and oxygen atoms in total. The standard InChI is InChI=1S/C11H20N2O3/c1-5-8(3)7-12-10(16)13-11(4,6-2)9(14)15/h3,5-7H2,1-2,4H3,(H,14,15)(H2,12,13,16). The van der Waals surface area contributed by atoms with E-state index in [0.717, 1.165) is 12.0 Å². The Kier molecular flexibility index (Phi) is 5.56. The van der Waals surface area contributed by atoms with Crippen molar-refractivity contribution >= 4 is 12.0 Å². The zero-order valence-electron chi connectivity index (χ0n) is 10.1. The lowest BCUT2D eigenvalue weighted by atomic mass is 10.00. The van der Waals surface area contributed by atoms with Crippen LogP contribution >= 0.6 is 0 Å². The van der Waals surface area contributed by atoms with Crippen LogP contribution in [-0.2, 0) is 4.79 Å². The molecule has 0 aromatic carbocycles. The van der Waals surface area contributed by atoms with Gasteiger partial charge in [0.05, 0.1) is 0 Å². The third-order valence-corrected chi connectivity index (χ3v) is 2.57. The monoisotopic (exact) mass is 228 g/mol. The van der Waals surface area contributed by atoms with E-state index < -0.39 is 17.5 Å². The van der Waals surface area contributed by atoms with Gasteiger partial charge in [0.1, 0.15) is 5.54 Å². The summed E-state index contributed by atoms with van der Waals surface area (Å²) in [7, 11) is 0. The molecule has 0 aromatic rings. The Labute approximate surface area is 95.9 Å². The van der Waals surface area contributed by atoms with Crippen molar-refractivity contribution in [2.75, 3.05) is 6.54 Å². The second-order valence-corrected chi connectivity index (χ2v) is 3.90. The molecule has 0 aliphatic carbocycles. The van der Waals surface area contributed by atoms with Gasteiger partial charge in [0.25, 0.3) is 0 Å². The molecule has 1 atom stereocenters. The molecule has 0 radical (unpaired) electrons. The van der Waals surface area contributed by atoms with Crippen molar-refractivity contribution in [3.8, 4) is 0 Å². The van der Waals surface area contributed by atoms with Gasteiger partial charge in [-0.3, -0.25) is 0 Å². The van der Waals surface area contributed by atoms with E-state index in [2.05, 4.69) is 17.2 Å². The number of hydrogen-bond acceptors (Lipinski definition) is 2. The third kappa shape index (κ3) is 4.33. The van der Waals surface area contributed by atoms with E-state index in [1.54, 1.807) is 6.92 Å². The predicted molar refractivity (Wildman–Crippen MR) is 62.3 cm³/mol. The molecule has 0 spiro atoms. The van der Waals surface area contributed by atoms with Crippen LogP contribution in [0.2, 0.25) is 0 Å². The van der Waals surface area contributed by atoms with E-state index in [0.29, 0.717) is 13.0 Å². The zero-order chi connectivity index (χ0) is 12.8. The highest BCUT2D eigenvalue weighted by molar-refractivity contribution is 5.85. The quantitative estimate of drug-likeness (QED) is 0.603. The number of rotatable bonds is 6. The highest BCUT2D eigenvalue weighted by Crippen LogP contribution is 2.08. The minimum atomic E-state index is -1.22. The lowest BCUT2D eigenvalue weighted by molar-refractivity contribution is -0.143. The molecule has 0 rings (SSSR count). The molecule has 5 heteroatoms. The Morgan fingerprint density at radius 1 is 1.38 bits per heavy atom. The number of carbonyl (C=O) groups is 2. The van der Waals surface area contributed by atoms with Crippen molar-refractivity contribution in [3.05, 3.63) is 12.2 Å². The van der Waals surface area contributed by atoms with Crippen LogP contribution in [0.5, 0.6) is 0 Å². The lowest BCUT2D eigenvalue weighted by Gasteiger charge is -2.24. The van der Waals surface area contributed by atoms with Crippen LogP contribution in [0.25, 0.3) is 0 Å². The van der Waals surface area contributed by atoms with E-state index in [-0.39, 0.29) is 0 Å². The first-order valence-electron chi connectivity index (χ1n) is 5.31. The SMILES string of the molecule is C=C(CC)CNC(=O)NC(C)(CC)C(=O)O. The van der Waals surface area contributed by atoms with Crippen molar-refractivity contribution in [2.24, 2.45) is 0 Å². The summed E-state index contributed by atoms with van der Waals surface area (Å²) in [6.07, 6.45) is 1.11. The zero-order valence-corrected chi connectivity index (χ0v) is 10.1. The van der Waals surface area contributed by atoms with Crippen molar-refractivity contribution in [2.45, 2.75) is 39.2 Å². The van der Waals surface area contributed by atoms with Crippen molar-refractivity contribution < 1.29 is 14.7 Å². The van der Waals surface area contributed by atoms with Crippen LogP contribution in [0.15, 0.2) is 12.2 Å². The van der Waals surface area contributed by atoms with Gasteiger partial charge >= 0.3 is 12.0 Å². The molecule has 0 bridgehead atoms. The number of amides is 2. The largest absolute Gasteiger partial charge is 0.480 e. The number of carboxylic acids is 1. The number of carbonyl (C=O) groups excluding carboxylic acids is 1. The molecule has 3 N–H and O–H groups in total. The number of hydrogen-bond donors (Lipinski definition) is 3. The molecule has 0 aliphatic heterocycles. The van der Waals surface area contributed by atoms with E-state index in [9.17, 15) is 9.59 Å². The smallest absolute Gasteiger partial charge is 0.329 e. The molecule has 0 saturated heterocycles. The molecule has 0 saturated carbocycles. The Balaban J connectivity index is 4.22. The number of nitrogens with one attached hydrogen (secondary N) is 2. The Hall–Kier alpha value is -1.52. The van der Waals surface area contributed by atoms with Crippen LogP contribution in [0, 0.1) is 0 Å². The highest BCUT2D eigenvalue weighted by atomic mass is 16.4. The lowest BCUT2D eigenvalue weighted by Crippen LogP contribution is -2.55. The first-order chi connectivity index (χ1) is 7.35. The molecule has 0 fully saturated rings. The van der Waals surface area contributed by atoms with Gasteiger partial charge in [-0.05, 0) is 19.8 Å². The summed E-state index contributed by atoms with van der Waals surface area (Å²) in [5.74, 6) is -1.04. The normalized spacial score (nSPS) is 13.7. The fourth-order valence-electron chi connectivity index (χ4n) is 0.918. The predicted octanol–water partition coefficient (Wildman–Crippen LogP) is 1.51. The molecule has 0 aromatic heterocycles. The average molecular weight is 228 g/mol. The molecular formula is C11H20N2O3. The molecule has 0 aliphatic rings. The van der Waals surface area contributed by atoms with Gasteiger partial charge in [0.15, 0.2) is 0 Å². The number of aliphatic carboxylic acids is 1. The van der Waals surface area contributed by atoms with Crippen LogP contribution in [0.1, 0.15) is 33.6 Å². The third-order valence-electron chi connectivity index (χ3n) is 2.57. The van der Waals surface area contributed by atoms with E-state index in [1.165, 1.54) is 6.92 Å². The highest BCUT2D eigenvalue weighted by Gasteiger charge is 2.32. The van der Waals surface area contributed by atoms with Gasteiger partial charge in [-0.25, -0.2) is 9.59 Å². The summed E-state index contributed by atoms with van der Waals surface area (Å²) in [6, 6.07) is -0.485. The topological polar surface area (TPSA) is 78.4 Å². The average Bonchev–Trinajstić information content (AvgIpc) is 2.25. The fraction of sp³-hybridized carbons (Fsp3) is 0.636. The second kappa shape index (κ2) is 6.15. The number of urea groups is 1. The minimum Gasteiger partial charge on any atom is -0.480 e. The summed E-state index contributed by atoms with van der Waals surface area (Å²) in [5, 5.41) is 13.9. The maximum Gasteiger partial charge on any atom is 0.329 e. The van der Waals surface area contributed by atoms with Gasteiger partial charge in [-0.2, -0.15) is 0 Å². The molecule has 0 heterocycles. The second-order valence-electron chi connectivity index (χ2n) is 3.90. The van der Waals surface area contributed by atoms with Crippen molar-refractivity contribution in [3.63, 3.8) is 0 Å². The first kappa shape index (κ1) is 14.5. The van der Waals surface area contributed by atoms with Crippen molar-refractivity contribution in [1.29, 1.82) is 0 Å². The van der Waals surface area contributed by atoms with E-state index >= 15 is 0 Å². The molecular weight excluding hydrogens is 208 g/mol. The Bertz CT molecular complexity index is 289.